The normalized spacial score (nSPS) is 11.3. The Morgan fingerprint density at radius 2 is 1.88 bits per heavy atom. The van der Waals surface area contributed by atoms with Crippen molar-refractivity contribution < 1.29 is 22.8 Å². The molecule has 2 amide bonds. The van der Waals surface area contributed by atoms with Gasteiger partial charge in [-0.15, -0.1) is 0 Å². The third-order valence-corrected chi connectivity index (χ3v) is 3.84. The number of rotatable bonds is 5. The number of amides is 2. The molecule has 1 aromatic heterocycles. The molecule has 9 heteroatoms. The van der Waals surface area contributed by atoms with Gasteiger partial charge in [-0.3, -0.25) is 14.3 Å². The molecule has 2 rings (SSSR count). The summed E-state index contributed by atoms with van der Waals surface area (Å²) < 4.78 is 39.6. The van der Waals surface area contributed by atoms with E-state index in [1.165, 1.54) is 12.1 Å². The summed E-state index contributed by atoms with van der Waals surface area (Å²) >= 11 is 0. The van der Waals surface area contributed by atoms with Crippen LogP contribution in [0.25, 0.3) is 0 Å². The fourth-order valence-corrected chi connectivity index (χ4v) is 2.42. The molecule has 0 bridgehead atoms. The van der Waals surface area contributed by atoms with Gasteiger partial charge in [-0.2, -0.15) is 18.3 Å². The second-order valence-electron chi connectivity index (χ2n) is 5.87. The van der Waals surface area contributed by atoms with Gasteiger partial charge in [-0.25, -0.2) is 0 Å². The molecule has 0 aliphatic heterocycles. The molecule has 0 aliphatic carbocycles. The Morgan fingerprint density at radius 3 is 2.46 bits per heavy atom. The quantitative estimate of drug-likeness (QED) is 0.851. The molecule has 0 unspecified atom stereocenters. The van der Waals surface area contributed by atoms with Crippen LogP contribution in [0.15, 0.2) is 24.3 Å². The Hall–Kier alpha value is -2.84. The lowest BCUT2D eigenvalue weighted by atomic mass is 10.1. The summed E-state index contributed by atoms with van der Waals surface area (Å²) in [6.45, 7) is 3.25. The average molecular weight is 368 g/mol. The van der Waals surface area contributed by atoms with Gasteiger partial charge in [0.15, 0.2) is 0 Å². The van der Waals surface area contributed by atoms with Gasteiger partial charge in [-0.05, 0) is 25.5 Å². The maximum Gasteiger partial charge on any atom is 0.416 e. The largest absolute Gasteiger partial charge is 0.416 e. The lowest BCUT2D eigenvalue weighted by Gasteiger charge is -2.09. The predicted octanol–water partition coefficient (Wildman–Crippen LogP) is 2.35. The number of aryl methyl sites for hydroxylation is 2. The molecule has 2 aromatic rings. The highest BCUT2D eigenvalue weighted by atomic mass is 19.4. The van der Waals surface area contributed by atoms with Crippen molar-refractivity contribution in [3.8, 4) is 0 Å². The summed E-state index contributed by atoms with van der Waals surface area (Å²) in [5.74, 6) is -0.985. The van der Waals surface area contributed by atoms with Crippen LogP contribution in [0.2, 0.25) is 0 Å². The summed E-state index contributed by atoms with van der Waals surface area (Å²) in [6, 6.07) is 4.53. The van der Waals surface area contributed by atoms with Gasteiger partial charge in [0, 0.05) is 7.05 Å². The number of hydrogen-bond donors (Lipinski definition) is 2. The van der Waals surface area contributed by atoms with Crippen molar-refractivity contribution in [1.29, 1.82) is 0 Å². The average Bonchev–Trinajstić information content (AvgIpc) is 2.79. The predicted molar refractivity (Wildman–Crippen MR) is 89.5 cm³/mol. The Balaban J connectivity index is 1.90. The minimum atomic E-state index is -4.47. The summed E-state index contributed by atoms with van der Waals surface area (Å²) in [5.41, 5.74) is 1.39. The number of carbonyl (C=O) groups is 2. The second kappa shape index (κ2) is 7.59. The molecule has 0 saturated carbocycles. The van der Waals surface area contributed by atoms with Crippen LogP contribution in [0.5, 0.6) is 0 Å². The molecule has 26 heavy (non-hydrogen) atoms. The minimum Gasteiger partial charge on any atom is -0.347 e. The maximum absolute atomic E-state index is 12.7. The molecular weight excluding hydrogens is 349 g/mol. The van der Waals surface area contributed by atoms with E-state index >= 15 is 0 Å². The third kappa shape index (κ3) is 4.84. The highest BCUT2D eigenvalue weighted by molar-refractivity contribution is 5.95. The molecule has 0 fully saturated rings. The Bertz CT molecular complexity index is 828. The fourth-order valence-electron chi connectivity index (χ4n) is 2.42. The third-order valence-electron chi connectivity index (χ3n) is 3.84. The van der Waals surface area contributed by atoms with E-state index in [1.54, 1.807) is 25.6 Å². The highest BCUT2D eigenvalue weighted by Crippen LogP contribution is 2.29. The van der Waals surface area contributed by atoms with Crippen LogP contribution < -0.4 is 10.6 Å². The first-order valence-electron chi connectivity index (χ1n) is 7.81. The van der Waals surface area contributed by atoms with Gasteiger partial charge in [0.25, 0.3) is 0 Å². The number of alkyl halides is 3. The molecule has 0 atom stereocenters. The topological polar surface area (TPSA) is 76.0 Å². The maximum atomic E-state index is 12.7. The van der Waals surface area contributed by atoms with E-state index in [1.807, 2.05) is 0 Å². The molecule has 0 saturated heterocycles. The number of carbonyl (C=O) groups excluding carboxylic acids is 2. The van der Waals surface area contributed by atoms with Crippen LogP contribution in [0.3, 0.4) is 0 Å². The van der Waals surface area contributed by atoms with Crippen LogP contribution in [0.4, 0.5) is 18.9 Å². The number of benzene rings is 1. The lowest BCUT2D eigenvalue weighted by molar-refractivity contribution is -0.137. The first-order chi connectivity index (χ1) is 12.1. The molecule has 2 N–H and O–H groups in total. The zero-order valence-electron chi connectivity index (χ0n) is 14.6. The summed E-state index contributed by atoms with van der Waals surface area (Å²) in [4.78, 5) is 23.8. The van der Waals surface area contributed by atoms with Crippen molar-refractivity contribution in [2.24, 2.45) is 7.05 Å². The number of hydrogen-bond acceptors (Lipinski definition) is 3. The summed E-state index contributed by atoms with van der Waals surface area (Å²) in [6.07, 6.45) is -4.71. The van der Waals surface area contributed by atoms with E-state index in [0.29, 0.717) is 11.4 Å². The molecule has 6 nitrogen and oxygen atoms in total. The number of aromatic nitrogens is 2. The van der Waals surface area contributed by atoms with Crippen molar-refractivity contribution in [3.63, 3.8) is 0 Å². The van der Waals surface area contributed by atoms with E-state index in [9.17, 15) is 22.8 Å². The van der Waals surface area contributed by atoms with E-state index in [2.05, 4.69) is 15.7 Å². The van der Waals surface area contributed by atoms with E-state index in [0.717, 1.165) is 17.8 Å². The molecule has 140 valence electrons. The van der Waals surface area contributed by atoms with Gasteiger partial charge in [0.2, 0.25) is 11.8 Å². The van der Waals surface area contributed by atoms with Crippen molar-refractivity contribution in [1.82, 2.24) is 15.1 Å². The van der Waals surface area contributed by atoms with E-state index in [-0.39, 0.29) is 18.5 Å². The van der Waals surface area contributed by atoms with E-state index in [4.69, 9.17) is 0 Å². The van der Waals surface area contributed by atoms with Crippen LogP contribution >= 0.6 is 0 Å². The molecular formula is C17H19F3N4O2. The molecule has 0 aliphatic rings. The van der Waals surface area contributed by atoms with Gasteiger partial charge in [-0.1, -0.05) is 18.2 Å². The second-order valence-corrected chi connectivity index (χ2v) is 5.87. The van der Waals surface area contributed by atoms with Gasteiger partial charge in [0.1, 0.15) is 0 Å². The first kappa shape index (κ1) is 19.5. The standard InChI is InChI=1S/C17H19F3N4O2/c1-10-16(11(2)24(3)23-10)22-15(26)9-21-14(25)8-12-5-4-6-13(7-12)17(18,19)20/h4-7H,8-9H2,1-3H3,(H,21,25)(H,22,26). The van der Waals surface area contributed by atoms with Crippen molar-refractivity contribution in [2.45, 2.75) is 26.4 Å². The van der Waals surface area contributed by atoms with E-state index < -0.39 is 23.6 Å². The van der Waals surface area contributed by atoms with Crippen LogP contribution in [0, 0.1) is 13.8 Å². The number of anilines is 1. The zero-order chi connectivity index (χ0) is 19.5. The molecule has 1 aromatic carbocycles. The monoisotopic (exact) mass is 368 g/mol. The first-order valence-corrected chi connectivity index (χ1v) is 7.81. The Morgan fingerprint density at radius 1 is 1.19 bits per heavy atom. The molecule has 0 spiro atoms. The molecule has 0 radical (unpaired) electrons. The number of nitrogens with one attached hydrogen (secondary N) is 2. The van der Waals surface area contributed by atoms with Crippen molar-refractivity contribution >= 4 is 17.5 Å². The van der Waals surface area contributed by atoms with Crippen molar-refractivity contribution in [3.05, 3.63) is 46.8 Å². The van der Waals surface area contributed by atoms with Gasteiger partial charge in [0.05, 0.1) is 35.6 Å². The van der Waals surface area contributed by atoms with Crippen LogP contribution in [0.1, 0.15) is 22.5 Å². The zero-order valence-corrected chi connectivity index (χ0v) is 14.6. The van der Waals surface area contributed by atoms with Crippen LogP contribution in [-0.4, -0.2) is 28.1 Å². The molecule has 1 heterocycles. The highest BCUT2D eigenvalue weighted by Gasteiger charge is 2.30. The smallest absolute Gasteiger partial charge is 0.347 e. The Kier molecular flexibility index (Phi) is 5.69. The summed E-state index contributed by atoms with van der Waals surface area (Å²) in [5, 5.41) is 9.22. The number of halogens is 3. The number of nitrogens with zero attached hydrogens (tertiary/aromatic N) is 2. The van der Waals surface area contributed by atoms with Gasteiger partial charge < -0.3 is 10.6 Å². The Labute approximate surface area is 148 Å². The van der Waals surface area contributed by atoms with Gasteiger partial charge >= 0.3 is 6.18 Å². The summed E-state index contributed by atoms with van der Waals surface area (Å²) in [7, 11) is 1.74. The van der Waals surface area contributed by atoms with Crippen LogP contribution in [-0.2, 0) is 29.2 Å². The minimum absolute atomic E-state index is 0.219. The van der Waals surface area contributed by atoms with Crippen molar-refractivity contribution in [2.75, 3.05) is 11.9 Å². The fraction of sp³-hybridized carbons (Fsp3) is 0.353. The SMILES string of the molecule is Cc1nn(C)c(C)c1NC(=O)CNC(=O)Cc1cccc(C(F)(F)F)c1. The lowest BCUT2D eigenvalue weighted by Crippen LogP contribution is -2.34.